The van der Waals surface area contributed by atoms with Crippen LogP contribution >= 0.6 is 0 Å². The molecule has 0 aliphatic carbocycles. The van der Waals surface area contributed by atoms with Crippen LogP contribution in [0.5, 0.6) is 5.88 Å². The van der Waals surface area contributed by atoms with Crippen molar-refractivity contribution in [1.82, 2.24) is 19.7 Å². The maximum atomic E-state index is 13.0. The molecule has 2 aromatic heterocycles. The molecule has 3 rings (SSSR count). The van der Waals surface area contributed by atoms with Gasteiger partial charge in [-0.1, -0.05) is 0 Å². The summed E-state index contributed by atoms with van der Waals surface area (Å²) in [6, 6.07) is 4.98. The first-order valence-electron chi connectivity index (χ1n) is 8.79. The Labute approximate surface area is 158 Å². The molecule has 2 aromatic rings. The molecule has 0 atom stereocenters. The smallest absolute Gasteiger partial charge is 0.421 e. The zero-order valence-electron chi connectivity index (χ0n) is 14.9. The molecule has 7 nitrogen and oxygen atoms in total. The molecule has 3 heterocycles. The standard InChI is InChI=1S/C18H19F3N4O3/c19-18(20,21)14-3-1-7-22-17(14)28-12-13-5-9-24(10-6-13)16(27)11-25-15(26)4-2-8-23-25/h1-4,7-8,13H,5-6,9-12H2. The van der Waals surface area contributed by atoms with E-state index in [9.17, 15) is 22.8 Å². The number of rotatable bonds is 5. The van der Waals surface area contributed by atoms with Crippen molar-refractivity contribution in [2.45, 2.75) is 25.6 Å². The van der Waals surface area contributed by atoms with Crippen LogP contribution in [-0.4, -0.2) is 45.3 Å². The number of nitrogens with zero attached hydrogens (tertiary/aromatic N) is 4. The maximum absolute atomic E-state index is 13.0. The van der Waals surface area contributed by atoms with Crippen LogP contribution in [0.25, 0.3) is 0 Å². The van der Waals surface area contributed by atoms with E-state index < -0.39 is 17.6 Å². The van der Waals surface area contributed by atoms with Crippen LogP contribution in [0.4, 0.5) is 13.2 Å². The fraction of sp³-hybridized carbons (Fsp3) is 0.444. The van der Waals surface area contributed by atoms with Gasteiger partial charge in [-0.15, -0.1) is 0 Å². The summed E-state index contributed by atoms with van der Waals surface area (Å²) in [4.78, 5) is 29.3. The number of likely N-dealkylation sites (tertiary alicyclic amines) is 1. The van der Waals surface area contributed by atoms with E-state index in [0.29, 0.717) is 25.9 Å². The van der Waals surface area contributed by atoms with Crippen molar-refractivity contribution in [2.24, 2.45) is 5.92 Å². The summed E-state index contributed by atoms with van der Waals surface area (Å²) in [5.41, 5.74) is -1.25. The molecular weight excluding hydrogens is 377 g/mol. The number of amides is 1. The normalized spacial score (nSPS) is 15.5. The summed E-state index contributed by atoms with van der Waals surface area (Å²) >= 11 is 0. The van der Waals surface area contributed by atoms with Crippen LogP contribution < -0.4 is 10.3 Å². The van der Waals surface area contributed by atoms with Gasteiger partial charge < -0.3 is 9.64 Å². The molecule has 0 aromatic carbocycles. The number of pyridine rings is 1. The molecular formula is C18H19F3N4O3. The van der Waals surface area contributed by atoms with Crippen molar-refractivity contribution in [3.8, 4) is 5.88 Å². The summed E-state index contributed by atoms with van der Waals surface area (Å²) in [5, 5.41) is 3.86. The van der Waals surface area contributed by atoms with Crippen LogP contribution in [0.2, 0.25) is 0 Å². The number of ether oxygens (including phenoxy) is 1. The molecule has 0 unspecified atom stereocenters. The van der Waals surface area contributed by atoms with Crippen LogP contribution in [0.15, 0.2) is 41.5 Å². The van der Waals surface area contributed by atoms with Crippen molar-refractivity contribution < 1.29 is 22.7 Å². The molecule has 0 spiro atoms. The Balaban J connectivity index is 1.50. The molecule has 1 saturated heterocycles. The van der Waals surface area contributed by atoms with E-state index in [1.54, 1.807) is 4.90 Å². The lowest BCUT2D eigenvalue weighted by Gasteiger charge is -2.32. The number of aromatic nitrogens is 3. The lowest BCUT2D eigenvalue weighted by molar-refractivity contribution is -0.139. The van der Waals surface area contributed by atoms with E-state index in [0.717, 1.165) is 10.7 Å². The molecule has 150 valence electrons. The van der Waals surface area contributed by atoms with Crippen LogP contribution in [0.1, 0.15) is 18.4 Å². The van der Waals surface area contributed by atoms with Crippen molar-refractivity contribution in [1.29, 1.82) is 0 Å². The van der Waals surface area contributed by atoms with Crippen LogP contribution in [0, 0.1) is 5.92 Å². The topological polar surface area (TPSA) is 77.3 Å². The third-order valence-electron chi connectivity index (χ3n) is 4.57. The highest BCUT2D eigenvalue weighted by atomic mass is 19.4. The molecule has 1 aliphatic heterocycles. The molecule has 1 fully saturated rings. The zero-order valence-corrected chi connectivity index (χ0v) is 14.9. The van der Waals surface area contributed by atoms with Crippen molar-refractivity contribution >= 4 is 5.91 Å². The van der Waals surface area contributed by atoms with Gasteiger partial charge in [-0.05, 0) is 37.0 Å². The molecule has 0 radical (unpaired) electrons. The molecule has 0 saturated carbocycles. The predicted molar refractivity (Wildman–Crippen MR) is 92.5 cm³/mol. The van der Waals surface area contributed by atoms with Gasteiger partial charge in [-0.3, -0.25) is 9.59 Å². The Morgan fingerprint density at radius 1 is 1.18 bits per heavy atom. The molecule has 0 N–H and O–H groups in total. The lowest BCUT2D eigenvalue weighted by atomic mass is 9.98. The minimum absolute atomic E-state index is 0.0183. The lowest BCUT2D eigenvalue weighted by Crippen LogP contribution is -2.42. The van der Waals surface area contributed by atoms with Crippen molar-refractivity contribution in [3.05, 3.63) is 52.6 Å². The number of hydrogen-bond acceptors (Lipinski definition) is 5. The second-order valence-electron chi connectivity index (χ2n) is 6.51. The monoisotopic (exact) mass is 396 g/mol. The van der Waals surface area contributed by atoms with Gasteiger partial charge in [0.15, 0.2) is 0 Å². The van der Waals surface area contributed by atoms with Crippen molar-refractivity contribution in [2.75, 3.05) is 19.7 Å². The van der Waals surface area contributed by atoms with Gasteiger partial charge in [-0.25, -0.2) is 9.67 Å². The number of carbonyl (C=O) groups excluding carboxylic acids is 1. The molecule has 10 heteroatoms. The first kappa shape index (κ1) is 19.8. The fourth-order valence-corrected chi connectivity index (χ4v) is 3.00. The Morgan fingerprint density at radius 3 is 2.57 bits per heavy atom. The van der Waals surface area contributed by atoms with E-state index in [1.807, 2.05) is 0 Å². The SMILES string of the molecule is O=C(Cn1ncccc1=O)N1CCC(COc2ncccc2C(F)(F)F)CC1. The second-order valence-corrected chi connectivity index (χ2v) is 6.51. The van der Waals surface area contributed by atoms with Gasteiger partial charge in [-0.2, -0.15) is 18.3 Å². The minimum atomic E-state index is -4.52. The van der Waals surface area contributed by atoms with E-state index in [-0.39, 0.29) is 30.5 Å². The number of halogens is 3. The Bertz CT molecular complexity index is 877. The first-order valence-corrected chi connectivity index (χ1v) is 8.79. The Kier molecular flexibility index (Phi) is 5.96. The quantitative estimate of drug-likeness (QED) is 0.772. The summed E-state index contributed by atoms with van der Waals surface area (Å²) in [5.74, 6) is -0.628. The highest BCUT2D eigenvalue weighted by Crippen LogP contribution is 2.35. The van der Waals surface area contributed by atoms with Gasteiger partial charge in [0.05, 0.1) is 6.61 Å². The summed E-state index contributed by atoms with van der Waals surface area (Å²) in [6.45, 7) is 0.858. The Hall–Kier alpha value is -2.91. The van der Waals surface area contributed by atoms with E-state index in [2.05, 4.69) is 10.1 Å². The summed E-state index contributed by atoms with van der Waals surface area (Å²) in [6.07, 6.45) is -0.645. The zero-order chi connectivity index (χ0) is 20.1. The van der Waals surface area contributed by atoms with E-state index >= 15 is 0 Å². The molecule has 28 heavy (non-hydrogen) atoms. The average molecular weight is 396 g/mol. The van der Waals surface area contributed by atoms with Gasteiger partial charge in [0, 0.05) is 31.5 Å². The highest BCUT2D eigenvalue weighted by Gasteiger charge is 2.35. The van der Waals surface area contributed by atoms with E-state index in [4.69, 9.17) is 4.74 Å². The number of hydrogen-bond donors (Lipinski definition) is 0. The molecule has 0 bridgehead atoms. The molecule has 1 aliphatic rings. The molecule has 1 amide bonds. The highest BCUT2D eigenvalue weighted by molar-refractivity contribution is 5.75. The third-order valence-corrected chi connectivity index (χ3v) is 4.57. The fourth-order valence-electron chi connectivity index (χ4n) is 3.00. The summed E-state index contributed by atoms with van der Waals surface area (Å²) < 4.78 is 45.3. The van der Waals surface area contributed by atoms with Gasteiger partial charge >= 0.3 is 6.18 Å². The minimum Gasteiger partial charge on any atom is -0.477 e. The summed E-state index contributed by atoms with van der Waals surface area (Å²) in [7, 11) is 0. The first-order chi connectivity index (χ1) is 13.3. The van der Waals surface area contributed by atoms with Gasteiger partial charge in [0.2, 0.25) is 11.8 Å². The second kappa shape index (κ2) is 8.41. The maximum Gasteiger partial charge on any atom is 0.421 e. The third kappa shape index (κ3) is 4.87. The van der Waals surface area contributed by atoms with Gasteiger partial charge in [0.25, 0.3) is 5.56 Å². The largest absolute Gasteiger partial charge is 0.477 e. The number of piperidine rings is 1. The van der Waals surface area contributed by atoms with Gasteiger partial charge in [0.1, 0.15) is 12.1 Å². The van der Waals surface area contributed by atoms with Crippen LogP contribution in [0.3, 0.4) is 0 Å². The van der Waals surface area contributed by atoms with Crippen molar-refractivity contribution in [3.63, 3.8) is 0 Å². The predicted octanol–water partition coefficient (Wildman–Crippen LogP) is 1.97. The van der Waals surface area contributed by atoms with E-state index in [1.165, 1.54) is 30.6 Å². The Morgan fingerprint density at radius 2 is 1.89 bits per heavy atom. The average Bonchev–Trinajstić information content (AvgIpc) is 2.68. The van der Waals surface area contributed by atoms with Crippen LogP contribution in [-0.2, 0) is 17.5 Å². The number of alkyl halides is 3. The number of carbonyl (C=O) groups is 1.